The van der Waals surface area contributed by atoms with Gasteiger partial charge in [-0.05, 0) is 44.7 Å². The maximum atomic E-state index is 12.4. The minimum atomic E-state index is -0.576. The van der Waals surface area contributed by atoms with E-state index >= 15 is 0 Å². The van der Waals surface area contributed by atoms with E-state index in [1.54, 1.807) is 6.20 Å². The number of benzene rings is 2. The standard InChI is InChI=1S/C27H28N6O/c1-18(34)33-24-16-29-23-10-9-21(32-13-11-31(4)12-14-32)15-22(23)25(24)26(30-33)19-5-7-20(8-6-19)27(2,3)17-28/h5-10,15-16H,11-14H2,1-4H3. The fourth-order valence-corrected chi connectivity index (χ4v) is 4.60. The van der Waals surface area contributed by atoms with Crippen LogP contribution in [0, 0.1) is 11.3 Å². The number of hydrogen-bond donors (Lipinski definition) is 0. The van der Waals surface area contributed by atoms with Gasteiger partial charge in [0.15, 0.2) is 0 Å². The van der Waals surface area contributed by atoms with Gasteiger partial charge in [0.05, 0.1) is 28.7 Å². The highest BCUT2D eigenvalue weighted by atomic mass is 16.2. The van der Waals surface area contributed by atoms with Gasteiger partial charge >= 0.3 is 0 Å². The maximum absolute atomic E-state index is 12.4. The van der Waals surface area contributed by atoms with Gasteiger partial charge < -0.3 is 9.80 Å². The summed E-state index contributed by atoms with van der Waals surface area (Å²) >= 11 is 0. The first-order chi connectivity index (χ1) is 16.3. The predicted molar refractivity (Wildman–Crippen MR) is 135 cm³/mol. The van der Waals surface area contributed by atoms with Crippen LogP contribution in [0.25, 0.3) is 33.1 Å². The lowest BCUT2D eigenvalue weighted by Crippen LogP contribution is -2.44. The Kier molecular flexibility index (Phi) is 5.34. The van der Waals surface area contributed by atoms with E-state index in [-0.39, 0.29) is 5.91 Å². The van der Waals surface area contributed by atoms with Crippen LogP contribution >= 0.6 is 0 Å². The van der Waals surface area contributed by atoms with E-state index in [4.69, 9.17) is 5.10 Å². The molecule has 0 saturated carbocycles. The molecule has 0 amide bonds. The molecule has 0 radical (unpaired) electrons. The van der Waals surface area contributed by atoms with Gasteiger partial charge in [0.25, 0.3) is 0 Å². The monoisotopic (exact) mass is 452 g/mol. The minimum absolute atomic E-state index is 0.158. The lowest BCUT2D eigenvalue weighted by atomic mass is 9.86. The molecule has 34 heavy (non-hydrogen) atoms. The summed E-state index contributed by atoms with van der Waals surface area (Å²) in [5, 5.41) is 16.1. The lowest BCUT2D eigenvalue weighted by Gasteiger charge is -2.34. The number of nitrogens with zero attached hydrogens (tertiary/aromatic N) is 6. The zero-order valence-corrected chi connectivity index (χ0v) is 20.0. The van der Waals surface area contributed by atoms with Crippen molar-refractivity contribution in [3.63, 3.8) is 0 Å². The fourth-order valence-electron chi connectivity index (χ4n) is 4.60. The van der Waals surface area contributed by atoms with Crippen molar-refractivity contribution in [2.75, 3.05) is 38.1 Å². The molecule has 0 spiro atoms. The number of hydrogen-bond acceptors (Lipinski definition) is 6. The third-order valence-electron chi connectivity index (χ3n) is 6.82. The molecule has 1 fully saturated rings. The van der Waals surface area contributed by atoms with Crippen LogP contribution in [0.3, 0.4) is 0 Å². The van der Waals surface area contributed by atoms with Gasteiger partial charge in [0.1, 0.15) is 5.69 Å². The van der Waals surface area contributed by atoms with Crippen LogP contribution in [0.5, 0.6) is 0 Å². The number of aromatic nitrogens is 3. The molecule has 2 aromatic carbocycles. The third kappa shape index (κ3) is 3.70. The zero-order valence-electron chi connectivity index (χ0n) is 20.0. The minimum Gasteiger partial charge on any atom is -0.369 e. The predicted octanol–water partition coefficient (Wildman–Crippen LogP) is 4.46. The summed E-state index contributed by atoms with van der Waals surface area (Å²) in [5.41, 5.74) is 4.74. The molecule has 5 rings (SSSR count). The normalized spacial score (nSPS) is 15.1. The second kappa shape index (κ2) is 8.23. The molecule has 172 valence electrons. The molecule has 0 bridgehead atoms. The molecule has 1 saturated heterocycles. The van der Waals surface area contributed by atoms with E-state index in [1.165, 1.54) is 11.6 Å². The molecule has 7 nitrogen and oxygen atoms in total. The second-order valence-corrected chi connectivity index (χ2v) is 9.60. The van der Waals surface area contributed by atoms with Crippen molar-refractivity contribution in [2.24, 2.45) is 0 Å². The van der Waals surface area contributed by atoms with E-state index in [9.17, 15) is 10.1 Å². The average molecular weight is 453 g/mol. The van der Waals surface area contributed by atoms with Gasteiger partial charge in [-0.25, -0.2) is 0 Å². The topological polar surface area (TPSA) is 78.0 Å². The Labute approximate surface area is 199 Å². The van der Waals surface area contributed by atoms with Crippen LogP contribution in [-0.4, -0.2) is 58.8 Å². The summed E-state index contributed by atoms with van der Waals surface area (Å²) in [6.07, 6.45) is 1.73. The Balaban J connectivity index is 1.70. The number of rotatable bonds is 3. The van der Waals surface area contributed by atoms with Gasteiger partial charge in [-0.15, -0.1) is 0 Å². The second-order valence-electron chi connectivity index (χ2n) is 9.60. The summed E-state index contributed by atoms with van der Waals surface area (Å²) in [6, 6.07) is 16.6. The van der Waals surface area contributed by atoms with Crippen molar-refractivity contribution in [2.45, 2.75) is 26.2 Å². The lowest BCUT2D eigenvalue weighted by molar-refractivity contribution is 0.0927. The molecule has 0 atom stereocenters. The number of likely N-dealkylation sites (N-methyl/N-ethyl adjacent to an activating group) is 1. The molecule has 1 aliphatic rings. The fraction of sp³-hybridized carbons (Fsp3) is 0.333. The molecular formula is C27H28N6O. The van der Waals surface area contributed by atoms with Crippen LogP contribution in [0.15, 0.2) is 48.7 Å². The molecular weight excluding hydrogens is 424 g/mol. The highest BCUT2D eigenvalue weighted by Gasteiger charge is 2.22. The first-order valence-electron chi connectivity index (χ1n) is 11.6. The third-order valence-corrected chi connectivity index (χ3v) is 6.82. The Bertz CT molecular complexity index is 1440. The molecule has 0 N–H and O–H groups in total. The number of anilines is 1. The van der Waals surface area contributed by atoms with Crippen molar-refractivity contribution in [3.05, 3.63) is 54.2 Å². The Hall–Kier alpha value is -3.76. The molecule has 7 heteroatoms. The quantitative estimate of drug-likeness (QED) is 0.457. The van der Waals surface area contributed by atoms with Gasteiger partial charge in [-0.2, -0.15) is 15.0 Å². The maximum Gasteiger partial charge on any atom is 0.244 e. The van der Waals surface area contributed by atoms with Crippen LogP contribution < -0.4 is 4.90 Å². The molecule has 4 aromatic rings. The molecule has 2 aromatic heterocycles. The summed E-state index contributed by atoms with van der Waals surface area (Å²) in [5.74, 6) is -0.158. The van der Waals surface area contributed by atoms with E-state index < -0.39 is 5.41 Å². The Morgan fingerprint density at radius 1 is 1.06 bits per heavy atom. The summed E-state index contributed by atoms with van der Waals surface area (Å²) in [4.78, 5) is 21.8. The first-order valence-corrected chi connectivity index (χ1v) is 11.6. The number of nitriles is 1. The average Bonchev–Trinajstić information content (AvgIpc) is 3.25. The number of fused-ring (bicyclic) bond motifs is 3. The van der Waals surface area contributed by atoms with Crippen LogP contribution in [0.2, 0.25) is 0 Å². The molecule has 1 aliphatic heterocycles. The molecule has 3 heterocycles. The summed E-state index contributed by atoms with van der Waals surface area (Å²) in [7, 11) is 2.15. The van der Waals surface area contributed by atoms with E-state index in [1.807, 2.05) is 38.1 Å². The largest absolute Gasteiger partial charge is 0.369 e. The van der Waals surface area contributed by atoms with Crippen molar-refractivity contribution < 1.29 is 4.79 Å². The highest BCUT2D eigenvalue weighted by molar-refractivity contribution is 6.13. The van der Waals surface area contributed by atoms with Crippen molar-refractivity contribution in [3.8, 4) is 17.3 Å². The highest BCUT2D eigenvalue weighted by Crippen LogP contribution is 2.36. The number of piperazine rings is 1. The van der Waals surface area contributed by atoms with E-state index in [0.29, 0.717) is 5.52 Å². The van der Waals surface area contributed by atoms with Crippen LogP contribution in [0.4, 0.5) is 5.69 Å². The van der Waals surface area contributed by atoms with Gasteiger partial charge in [0, 0.05) is 55.1 Å². The van der Waals surface area contributed by atoms with Gasteiger partial charge in [-0.1, -0.05) is 24.3 Å². The number of carbonyl (C=O) groups excluding carboxylic acids is 1. The number of carbonyl (C=O) groups is 1. The van der Waals surface area contributed by atoms with Crippen LogP contribution in [0.1, 0.15) is 31.1 Å². The van der Waals surface area contributed by atoms with Gasteiger partial charge in [0.2, 0.25) is 5.91 Å². The smallest absolute Gasteiger partial charge is 0.244 e. The van der Waals surface area contributed by atoms with Crippen molar-refractivity contribution in [1.29, 1.82) is 5.26 Å². The zero-order chi connectivity index (χ0) is 24.0. The summed E-state index contributed by atoms with van der Waals surface area (Å²) < 4.78 is 1.44. The summed E-state index contributed by atoms with van der Waals surface area (Å²) in [6.45, 7) is 9.32. The first kappa shape index (κ1) is 22.1. The Morgan fingerprint density at radius 2 is 1.76 bits per heavy atom. The Morgan fingerprint density at radius 3 is 2.41 bits per heavy atom. The van der Waals surface area contributed by atoms with Crippen molar-refractivity contribution in [1.82, 2.24) is 19.7 Å². The van der Waals surface area contributed by atoms with Crippen LogP contribution in [-0.2, 0) is 5.41 Å². The SMILES string of the molecule is CC(=O)n1nc(-c2ccc(C(C)(C)C#N)cc2)c2c3cc(N4CCN(C)CC4)ccc3ncc21. The molecule has 0 aliphatic carbocycles. The number of pyridine rings is 1. The van der Waals surface area contributed by atoms with Crippen molar-refractivity contribution >= 4 is 33.4 Å². The van der Waals surface area contributed by atoms with E-state index in [0.717, 1.165) is 65.0 Å². The van der Waals surface area contributed by atoms with E-state index in [2.05, 4.69) is 46.1 Å². The van der Waals surface area contributed by atoms with Gasteiger partial charge in [-0.3, -0.25) is 9.78 Å². The molecule has 0 unspecified atom stereocenters.